The maximum absolute atomic E-state index is 12.9. The molecule has 0 saturated heterocycles. The second kappa shape index (κ2) is 7.61. The molecule has 2 aromatic carbocycles. The van der Waals surface area contributed by atoms with Crippen molar-refractivity contribution in [1.82, 2.24) is 9.97 Å². The maximum Gasteiger partial charge on any atom is 0.234 e. The first-order valence-corrected chi connectivity index (χ1v) is 8.96. The Hall–Kier alpha value is -2.47. The summed E-state index contributed by atoms with van der Waals surface area (Å²) in [6.07, 6.45) is 0. The molecule has 1 heterocycles. The van der Waals surface area contributed by atoms with E-state index < -0.39 is 0 Å². The molecule has 0 unspecified atom stereocenters. The largest absolute Gasteiger partial charge is 0.325 e. The highest BCUT2D eigenvalue weighted by molar-refractivity contribution is 8.00. The first kappa shape index (κ1) is 17.4. The first-order chi connectivity index (χ1) is 12.0. The van der Waals surface area contributed by atoms with E-state index in [0.29, 0.717) is 5.69 Å². The van der Waals surface area contributed by atoms with Crippen molar-refractivity contribution in [2.45, 2.75) is 24.8 Å². The number of thioether (sulfide) groups is 1. The van der Waals surface area contributed by atoms with Crippen molar-refractivity contribution in [3.8, 4) is 0 Å². The van der Waals surface area contributed by atoms with Gasteiger partial charge in [-0.3, -0.25) is 4.79 Å². The minimum atomic E-state index is -0.332. The molecule has 1 N–H and O–H groups in total. The van der Waals surface area contributed by atoms with Crippen molar-refractivity contribution in [3.63, 3.8) is 0 Å². The predicted molar refractivity (Wildman–Crippen MR) is 99.4 cm³/mol. The average molecular weight is 355 g/mol. The Balaban J connectivity index is 1.75. The average Bonchev–Trinajstić information content (AvgIpc) is 2.61. The summed E-state index contributed by atoms with van der Waals surface area (Å²) in [5.74, 6) is 0.694. The molecule has 0 spiro atoms. The third-order valence-electron chi connectivity index (χ3n) is 3.57. The second-order valence-corrected chi connectivity index (χ2v) is 6.87. The van der Waals surface area contributed by atoms with Gasteiger partial charge in [0.05, 0.1) is 11.3 Å². The number of nitrogens with zero attached hydrogens (tertiary/aromatic N) is 2. The van der Waals surface area contributed by atoms with Gasteiger partial charge in [0.1, 0.15) is 16.7 Å². The van der Waals surface area contributed by atoms with Gasteiger partial charge >= 0.3 is 0 Å². The topological polar surface area (TPSA) is 54.9 Å². The van der Waals surface area contributed by atoms with Crippen molar-refractivity contribution in [2.75, 3.05) is 11.1 Å². The molecular formula is C19H18FN3OS. The molecular weight excluding hydrogens is 337 g/mol. The number of carbonyl (C=O) groups is 1. The third kappa shape index (κ3) is 4.33. The maximum atomic E-state index is 12.9. The second-order valence-electron chi connectivity index (χ2n) is 5.90. The van der Waals surface area contributed by atoms with Crippen molar-refractivity contribution in [3.05, 3.63) is 60.2 Å². The molecule has 0 bridgehead atoms. The summed E-state index contributed by atoms with van der Waals surface area (Å²) < 4.78 is 12.9. The van der Waals surface area contributed by atoms with Crippen LogP contribution < -0.4 is 5.32 Å². The summed E-state index contributed by atoms with van der Waals surface area (Å²) in [6.45, 7) is 4.08. The number of rotatable bonds is 5. The minimum absolute atomic E-state index is 0.162. The Kier molecular flexibility index (Phi) is 5.28. The molecule has 0 fully saturated rings. The van der Waals surface area contributed by atoms with E-state index in [1.165, 1.54) is 36.0 Å². The molecule has 0 aliphatic carbocycles. The highest BCUT2D eigenvalue weighted by Crippen LogP contribution is 2.27. The smallest absolute Gasteiger partial charge is 0.234 e. The number of anilines is 1. The lowest BCUT2D eigenvalue weighted by atomic mass is 10.2. The summed E-state index contributed by atoms with van der Waals surface area (Å²) in [4.78, 5) is 21.3. The molecule has 3 rings (SSSR count). The number of hydrogen-bond donors (Lipinski definition) is 1. The van der Waals surface area contributed by atoms with Crippen LogP contribution in [0.15, 0.2) is 53.6 Å². The number of halogens is 1. The quantitative estimate of drug-likeness (QED) is 0.536. The standard InChI is InChI=1S/C19H18FN3OS/c1-12(2)18-22-16-6-4-3-5-15(16)19(23-18)25-11-17(24)21-14-9-7-13(20)8-10-14/h3-10,12H,11H2,1-2H3,(H,21,24). The van der Waals surface area contributed by atoms with E-state index in [2.05, 4.69) is 15.3 Å². The lowest BCUT2D eigenvalue weighted by Crippen LogP contribution is -2.14. The summed E-state index contributed by atoms with van der Waals surface area (Å²) >= 11 is 1.37. The molecule has 128 valence electrons. The van der Waals surface area contributed by atoms with Gasteiger partial charge in [-0.15, -0.1) is 0 Å². The van der Waals surface area contributed by atoms with E-state index in [0.717, 1.165) is 21.8 Å². The van der Waals surface area contributed by atoms with Crippen LogP contribution in [0.1, 0.15) is 25.6 Å². The van der Waals surface area contributed by atoms with Crippen LogP contribution in [-0.4, -0.2) is 21.6 Å². The van der Waals surface area contributed by atoms with Crippen LogP contribution in [-0.2, 0) is 4.79 Å². The molecule has 4 nitrogen and oxygen atoms in total. The van der Waals surface area contributed by atoms with Crippen molar-refractivity contribution < 1.29 is 9.18 Å². The Morgan fingerprint density at radius 3 is 2.56 bits per heavy atom. The van der Waals surface area contributed by atoms with Crippen LogP contribution in [0, 0.1) is 5.82 Å². The van der Waals surface area contributed by atoms with Gasteiger partial charge < -0.3 is 5.32 Å². The molecule has 3 aromatic rings. The van der Waals surface area contributed by atoms with Crippen LogP contribution in [0.3, 0.4) is 0 Å². The Morgan fingerprint density at radius 2 is 1.84 bits per heavy atom. The number of hydrogen-bond acceptors (Lipinski definition) is 4. The van der Waals surface area contributed by atoms with Gasteiger partial charge in [0, 0.05) is 17.0 Å². The number of aromatic nitrogens is 2. The van der Waals surface area contributed by atoms with E-state index in [4.69, 9.17) is 0 Å². The molecule has 0 radical (unpaired) electrons. The monoisotopic (exact) mass is 355 g/mol. The number of carbonyl (C=O) groups excluding carboxylic acids is 1. The predicted octanol–water partition coefficient (Wildman–Crippen LogP) is 4.62. The van der Waals surface area contributed by atoms with E-state index in [1.807, 2.05) is 38.1 Å². The van der Waals surface area contributed by atoms with E-state index in [9.17, 15) is 9.18 Å². The SMILES string of the molecule is CC(C)c1nc(SCC(=O)Nc2ccc(F)cc2)c2ccccc2n1. The Labute approximate surface area is 149 Å². The van der Waals surface area contributed by atoms with Crippen molar-refractivity contribution >= 4 is 34.3 Å². The number of benzene rings is 2. The Morgan fingerprint density at radius 1 is 1.12 bits per heavy atom. The van der Waals surface area contributed by atoms with Crippen LogP contribution in [0.5, 0.6) is 0 Å². The van der Waals surface area contributed by atoms with E-state index >= 15 is 0 Å². The van der Waals surface area contributed by atoms with Crippen LogP contribution in [0.2, 0.25) is 0 Å². The summed E-state index contributed by atoms with van der Waals surface area (Å²) in [7, 11) is 0. The molecule has 25 heavy (non-hydrogen) atoms. The van der Waals surface area contributed by atoms with E-state index in [1.54, 1.807) is 0 Å². The molecule has 0 aliphatic heterocycles. The van der Waals surface area contributed by atoms with Gasteiger partial charge in [-0.1, -0.05) is 43.8 Å². The fourth-order valence-electron chi connectivity index (χ4n) is 2.30. The highest BCUT2D eigenvalue weighted by Gasteiger charge is 2.12. The first-order valence-electron chi connectivity index (χ1n) is 7.98. The molecule has 1 amide bonds. The molecule has 0 atom stereocenters. The summed E-state index contributed by atoms with van der Waals surface area (Å²) in [6, 6.07) is 13.5. The lowest BCUT2D eigenvalue weighted by Gasteiger charge is -2.10. The van der Waals surface area contributed by atoms with Crippen LogP contribution in [0.25, 0.3) is 10.9 Å². The van der Waals surface area contributed by atoms with Gasteiger partial charge in [0.15, 0.2) is 0 Å². The lowest BCUT2D eigenvalue weighted by molar-refractivity contribution is -0.113. The minimum Gasteiger partial charge on any atom is -0.325 e. The van der Waals surface area contributed by atoms with Gasteiger partial charge in [-0.05, 0) is 30.3 Å². The fraction of sp³-hybridized carbons (Fsp3) is 0.211. The summed E-state index contributed by atoms with van der Waals surface area (Å²) in [5, 5.41) is 4.49. The third-order valence-corrected chi connectivity index (χ3v) is 4.56. The number of para-hydroxylation sites is 1. The van der Waals surface area contributed by atoms with Gasteiger partial charge in [-0.25, -0.2) is 14.4 Å². The molecule has 0 saturated carbocycles. The van der Waals surface area contributed by atoms with Gasteiger partial charge in [0.25, 0.3) is 0 Å². The highest BCUT2D eigenvalue weighted by atomic mass is 32.2. The van der Waals surface area contributed by atoms with E-state index in [-0.39, 0.29) is 23.4 Å². The van der Waals surface area contributed by atoms with Gasteiger partial charge in [0.2, 0.25) is 5.91 Å². The van der Waals surface area contributed by atoms with Gasteiger partial charge in [-0.2, -0.15) is 0 Å². The number of nitrogens with one attached hydrogen (secondary N) is 1. The van der Waals surface area contributed by atoms with Crippen LogP contribution in [0.4, 0.5) is 10.1 Å². The summed E-state index contributed by atoms with van der Waals surface area (Å²) in [5.41, 5.74) is 1.45. The van der Waals surface area contributed by atoms with Crippen molar-refractivity contribution in [2.24, 2.45) is 0 Å². The van der Waals surface area contributed by atoms with Crippen LogP contribution >= 0.6 is 11.8 Å². The fourth-order valence-corrected chi connectivity index (χ4v) is 3.12. The molecule has 6 heteroatoms. The Bertz CT molecular complexity index is 897. The molecule has 1 aromatic heterocycles. The molecule has 0 aliphatic rings. The zero-order valence-electron chi connectivity index (χ0n) is 14.0. The zero-order valence-corrected chi connectivity index (χ0v) is 14.8. The zero-order chi connectivity index (χ0) is 17.8. The number of fused-ring (bicyclic) bond motifs is 1. The number of amides is 1. The normalized spacial score (nSPS) is 11.0. The van der Waals surface area contributed by atoms with Crippen molar-refractivity contribution in [1.29, 1.82) is 0 Å².